The predicted octanol–water partition coefficient (Wildman–Crippen LogP) is 2.34. The van der Waals surface area contributed by atoms with E-state index in [0.717, 1.165) is 23.4 Å². The molecule has 88 valence electrons. The number of anilines is 1. The Morgan fingerprint density at radius 3 is 2.94 bits per heavy atom. The van der Waals surface area contributed by atoms with Crippen molar-refractivity contribution in [2.75, 3.05) is 18.0 Å². The molecule has 1 N–H and O–H groups in total. The van der Waals surface area contributed by atoms with Gasteiger partial charge in [-0.15, -0.1) is 0 Å². The minimum atomic E-state index is 0.504. The van der Waals surface area contributed by atoms with Crippen LogP contribution in [0.15, 0.2) is 16.7 Å². The minimum Gasteiger partial charge on any atom is -0.351 e. The molecule has 0 amide bonds. The molecule has 0 saturated carbocycles. The summed E-state index contributed by atoms with van der Waals surface area (Å²) in [6.07, 6.45) is 1.89. The van der Waals surface area contributed by atoms with Gasteiger partial charge in [0.25, 0.3) is 0 Å². The number of hydrogen-bond acceptors (Lipinski definition) is 3. The number of aryl methyl sites for hydroxylation is 1. The van der Waals surface area contributed by atoms with E-state index >= 15 is 0 Å². The molecule has 0 spiro atoms. The summed E-state index contributed by atoms with van der Waals surface area (Å²) in [5.41, 5.74) is 1.24. The first-order valence-corrected chi connectivity index (χ1v) is 6.49. The summed E-state index contributed by atoms with van der Waals surface area (Å²) in [4.78, 5) is 6.87. The summed E-state index contributed by atoms with van der Waals surface area (Å²) in [6.45, 7) is 8.60. The molecule has 2 unspecified atom stereocenters. The van der Waals surface area contributed by atoms with Crippen molar-refractivity contribution in [3.63, 3.8) is 0 Å². The highest BCUT2D eigenvalue weighted by Gasteiger charge is 2.23. The Hall–Kier alpha value is -0.610. The van der Waals surface area contributed by atoms with Crippen LogP contribution in [-0.2, 0) is 0 Å². The van der Waals surface area contributed by atoms with Crippen LogP contribution in [-0.4, -0.2) is 30.2 Å². The molecular formula is C12H18BrN3. The average molecular weight is 284 g/mol. The second-order valence-corrected chi connectivity index (χ2v) is 5.46. The fourth-order valence-corrected chi connectivity index (χ4v) is 2.24. The van der Waals surface area contributed by atoms with Crippen molar-refractivity contribution in [1.82, 2.24) is 10.3 Å². The molecule has 1 aliphatic rings. The largest absolute Gasteiger partial charge is 0.351 e. The lowest BCUT2D eigenvalue weighted by molar-refractivity contribution is 0.422. The highest BCUT2D eigenvalue weighted by Crippen LogP contribution is 2.22. The molecule has 2 heterocycles. The van der Waals surface area contributed by atoms with E-state index in [1.165, 1.54) is 5.56 Å². The van der Waals surface area contributed by atoms with E-state index in [-0.39, 0.29) is 0 Å². The number of pyridine rings is 1. The lowest BCUT2D eigenvalue weighted by Crippen LogP contribution is -2.54. The number of hydrogen-bond donors (Lipinski definition) is 1. The van der Waals surface area contributed by atoms with Crippen LogP contribution in [0.2, 0.25) is 0 Å². The van der Waals surface area contributed by atoms with Gasteiger partial charge in [0.05, 0.1) is 0 Å². The molecule has 16 heavy (non-hydrogen) atoms. The molecule has 1 saturated heterocycles. The van der Waals surface area contributed by atoms with Gasteiger partial charge in [0.15, 0.2) is 0 Å². The molecule has 0 aliphatic carbocycles. The smallest absolute Gasteiger partial charge is 0.129 e. The maximum Gasteiger partial charge on any atom is 0.129 e. The number of piperazine rings is 1. The van der Waals surface area contributed by atoms with Gasteiger partial charge in [0.2, 0.25) is 0 Å². The van der Waals surface area contributed by atoms with Crippen molar-refractivity contribution in [2.45, 2.75) is 32.9 Å². The lowest BCUT2D eigenvalue weighted by Gasteiger charge is -2.38. The quantitative estimate of drug-likeness (QED) is 0.858. The third kappa shape index (κ3) is 2.38. The molecule has 1 aromatic rings. The summed E-state index contributed by atoms with van der Waals surface area (Å²) in [6, 6.07) is 3.18. The van der Waals surface area contributed by atoms with Crippen LogP contribution < -0.4 is 10.2 Å². The van der Waals surface area contributed by atoms with Crippen LogP contribution in [0.4, 0.5) is 5.82 Å². The van der Waals surface area contributed by atoms with E-state index in [4.69, 9.17) is 0 Å². The zero-order valence-electron chi connectivity index (χ0n) is 10.00. The van der Waals surface area contributed by atoms with Gasteiger partial charge in [-0.25, -0.2) is 4.98 Å². The van der Waals surface area contributed by atoms with Gasteiger partial charge >= 0.3 is 0 Å². The van der Waals surface area contributed by atoms with Gasteiger partial charge in [-0.3, -0.25) is 0 Å². The molecule has 3 nitrogen and oxygen atoms in total. The average Bonchev–Trinajstić information content (AvgIpc) is 2.26. The monoisotopic (exact) mass is 283 g/mol. The molecular weight excluding hydrogens is 266 g/mol. The number of aromatic nitrogens is 1. The van der Waals surface area contributed by atoms with Crippen LogP contribution in [0, 0.1) is 6.92 Å². The van der Waals surface area contributed by atoms with Gasteiger partial charge in [0.1, 0.15) is 5.82 Å². The summed E-state index contributed by atoms with van der Waals surface area (Å²) in [5, 5.41) is 3.48. The first kappa shape index (κ1) is 11.9. The standard InChI is InChI=1S/C12H18BrN3/c1-8-4-12(15-6-11(8)13)16-7-9(2)14-5-10(16)3/h4,6,9-10,14H,5,7H2,1-3H3. The Morgan fingerprint density at radius 1 is 1.50 bits per heavy atom. The van der Waals surface area contributed by atoms with Crippen LogP contribution in [0.3, 0.4) is 0 Å². The van der Waals surface area contributed by atoms with Gasteiger partial charge in [0, 0.05) is 35.8 Å². The van der Waals surface area contributed by atoms with Gasteiger partial charge in [-0.2, -0.15) is 0 Å². The number of halogens is 1. The van der Waals surface area contributed by atoms with Crippen molar-refractivity contribution >= 4 is 21.7 Å². The maximum atomic E-state index is 4.50. The minimum absolute atomic E-state index is 0.504. The first-order valence-electron chi connectivity index (χ1n) is 5.70. The van der Waals surface area contributed by atoms with E-state index in [0.29, 0.717) is 12.1 Å². The summed E-state index contributed by atoms with van der Waals surface area (Å²) in [5.74, 6) is 1.08. The molecule has 0 bridgehead atoms. The maximum absolute atomic E-state index is 4.50. The zero-order valence-corrected chi connectivity index (χ0v) is 11.6. The van der Waals surface area contributed by atoms with E-state index in [1.54, 1.807) is 0 Å². The van der Waals surface area contributed by atoms with Crippen molar-refractivity contribution < 1.29 is 0 Å². The highest BCUT2D eigenvalue weighted by molar-refractivity contribution is 9.10. The van der Waals surface area contributed by atoms with Gasteiger partial charge < -0.3 is 10.2 Å². The number of nitrogens with zero attached hydrogens (tertiary/aromatic N) is 2. The molecule has 2 rings (SSSR count). The fourth-order valence-electron chi connectivity index (χ4n) is 2.02. The first-order chi connectivity index (χ1) is 7.58. The second kappa shape index (κ2) is 4.72. The van der Waals surface area contributed by atoms with Crippen molar-refractivity contribution in [1.29, 1.82) is 0 Å². The summed E-state index contributed by atoms with van der Waals surface area (Å²) < 4.78 is 1.08. The highest BCUT2D eigenvalue weighted by atomic mass is 79.9. The Labute approximate surface area is 105 Å². The second-order valence-electron chi connectivity index (χ2n) is 4.60. The summed E-state index contributed by atoms with van der Waals surface area (Å²) >= 11 is 3.49. The van der Waals surface area contributed by atoms with Gasteiger partial charge in [-0.1, -0.05) is 0 Å². The molecule has 0 radical (unpaired) electrons. The Bertz CT molecular complexity index is 381. The predicted molar refractivity (Wildman–Crippen MR) is 70.9 cm³/mol. The van der Waals surface area contributed by atoms with Crippen LogP contribution in [0.5, 0.6) is 0 Å². The van der Waals surface area contributed by atoms with Crippen molar-refractivity contribution in [2.24, 2.45) is 0 Å². The zero-order chi connectivity index (χ0) is 11.7. The van der Waals surface area contributed by atoms with E-state index in [2.05, 4.69) is 58.0 Å². The van der Waals surface area contributed by atoms with E-state index in [9.17, 15) is 0 Å². The molecule has 4 heteroatoms. The Morgan fingerprint density at radius 2 is 2.25 bits per heavy atom. The van der Waals surface area contributed by atoms with E-state index < -0.39 is 0 Å². The fraction of sp³-hybridized carbons (Fsp3) is 0.583. The van der Waals surface area contributed by atoms with Crippen LogP contribution >= 0.6 is 15.9 Å². The molecule has 0 aromatic carbocycles. The van der Waals surface area contributed by atoms with Crippen molar-refractivity contribution in [3.8, 4) is 0 Å². The van der Waals surface area contributed by atoms with Crippen LogP contribution in [0.25, 0.3) is 0 Å². The topological polar surface area (TPSA) is 28.2 Å². The summed E-state index contributed by atoms with van der Waals surface area (Å²) in [7, 11) is 0. The van der Waals surface area contributed by atoms with E-state index in [1.807, 2.05) is 6.20 Å². The van der Waals surface area contributed by atoms with Gasteiger partial charge in [-0.05, 0) is 48.3 Å². The molecule has 1 aromatic heterocycles. The third-order valence-electron chi connectivity index (χ3n) is 3.09. The number of rotatable bonds is 1. The SMILES string of the molecule is Cc1cc(N2CC(C)NCC2C)ncc1Br. The third-order valence-corrected chi connectivity index (χ3v) is 3.92. The molecule has 1 fully saturated rings. The molecule has 2 atom stereocenters. The normalized spacial score (nSPS) is 25.9. The molecule has 1 aliphatic heterocycles. The van der Waals surface area contributed by atoms with Crippen LogP contribution in [0.1, 0.15) is 19.4 Å². The van der Waals surface area contributed by atoms with Crippen molar-refractivity contribution in [3.05, 3.63) is 22.3 Å². The Balaban J connectivity index is 2.24. The lowest BCUT2D eigenvalue weighted by atomic mass is 10.1. The Kier molecular flexibility index (Phi) is 3.50. The number of nitrogens with one attached hydrogen (secondary N) is 1.